The molecule has 0 N–H and O–H groups in total. The van der Waals surface area contributed by atoms with Crippen molar-refractivity contribution < 1.29 is 19.1 Å². The Morgan fingerprint density at radius 2 is 1.20 bits per heavy atom. The van der Waals surface area contributed by atoms with Crippen LogP contribution >= 0.6 is 0 Å². The maximum atomic E-state index is 11.9. The molecule has 0 saturated heterocycles. The minimum atomic E-state index is -0.453. The van der Waals surface area contributed by atoms with Crippen molar-refractivity contribution in [3.05, 3.63) is 70.8 Å². The van der Waals surface area contributed by atoms with Gasteiger partial charge in [-0.05, 0) is 35.4 Å². The fourth-order valence-electron chi connectivity index (χ4n) is 2.05. The van der Waals surface area contributed by atoms with Crippen molar-refractivity contribution in [2.75, 3.05) is 0 Å². The molecule has 2 aromatic rings. The molecular weight excluding hydrogens is 256 g/mol. The Morgan fingerprint density at radius 3 is 1.75 bits per heavy atom. The Balaban J connectivity index is 1.98. The van der Waals surface area contributed by atoms with Gasteiger partial charge in [0.2, 0.25) is 0 Å². The monoisotopic (exact) mass is 268 g/mol. The zero-order valence-corrected chi connectivity index (χ0v) is 10.7. The van der Waals surface area contributed by atoms with Crippen molar-refractivity contribution in [2.24, 2.45) is 0 Å². The third-order valence-electron chi connectivity index (χ3n) is 3.07. The van der Waals surface area contributed by atoms with E-state index in [2.05, 4.69) is 0 Å². The molecule has 1 aliphatic rings. The van der Waals surface area contributed by atoms with Gasteiger partial charge in [-0.1, -0.05) is 24.3 Å². The van der Waals surface area contributed by atoms with Gasteiger partial charge >= 0.3 is 11.9 Å². The zero-order chi connectivity index (χ0) is 13.9. The van der Waals surface area contributed by atoms with E-state index in [9.17, 15) is 9.59 Å². The molecule has 0 radical (unpaired) electrons. The molecule has 100 valence electrons. The summed E-state index contributed by atoms with van der Waals surface area (Å²) in [6.45, 7) is 0.399. The van der Waals surface area contributed by atoms with Crippen molar-refractivity contribution in [3.8, 4) is 0 Å². The van der Waals surface area contributed by atoms with E-state index in [1.165, 1.54) is 6.07 Å². The van der Waals surface area contributed by atoms with Crippen LogP contribution in [0.15, 0.2) is 48.5 Å². The summed E-state index contributed by atoms with van der Waals surface area (Å²) in [6, 6.07) is 13.8. The normalized spacial score (nSPS) is 14.6. The molecule has 0 fully saturated rings. The van der Waals surface area contributed by atoms with Gasteiger partial charge in [0.05, 0.1) is 11.1 Å². The molecule has 3 rings (SSSR count). The highest BCUT2D eigenvalue weighted by atomic mass is 16.5. The first kappa shape index (κ1) is 12.4. The number of benzene rings is 2. The molecule has 2 aromatic carbocycles. The summed E-state index contributed by atoms with van der Waals surface area (Å²) >= 11 is 0. The van der Waals surface area contributed by atoms with Gasteiger partial charge < -0.3 is 9.47 Å². The second-order valence-electron chi connectivity index (χ2n) is 4.55. The maximum absolute atomic E-state index is 11.9. The predicted molar refractivity (Wildman–Crippen MR) is 71.1 cm³/mol. The Hall–Kier alpha value is -2.62. The lowest BCUT2D eigenvalue weighted by Crippen LogP contribution is -2.10. The van der Waals surface area contributed by atoms with Gasteiger partial charge in [0.25, 0.3) is 0 Å². The van der Waals surface area contributed by atoms with E-state index in [-0.39, 0.29) is 13.2 Å². The van der Waals surface area contributed by atoms with Crippen LogP contribution < -0.4 is 0 Å². The number of hydrogen-bond donors (Lipinski definition) is 0. The molecule has 0 atom stereocenters. The van der Waals surface area contributed by atoms with Crippen LogP contribution in [-0.4, -0.2) is 11.9 Å². The summed E-state index contributed by atoms with van der Waals surface area (Å²) in [6.07, 6.45) is 0. The van der Waals surface area contributed by atoms with Crippen LogP contribution in [0.1, 0.15) is 31.8 Å². The molecule has 0 aromatic heterocycles. The van der Waals surface area contributed by atoms with Crippen LogP contribution in [0.5, 0.6) is 0 Å². The van der Waals surface area contributed by atoms with Crippen molar-refractivity contribution in [1.82, 2.24) is 0 Å². The van der Waals surface area contributed by atoms with E-state index in [0.717, 1.165) is 11.1 Å². The molecule has 0 amide bonds. The highest BCUT2D eigenvalue weighted by Gasteiger charge is 2.14. The number of fused-ring (bicyclic) bond motifs is 4. The molecule has 0 spiro atoms. The standard InChI is InChI=1S/C16H12O4/c17-15-13-5-2-6-14(8-13)16(18)20-10-12-4-1-3-11(7-12)9-19-15/h1-8H,9-10H2. The smallest absolute Gasteiger partial charge is 0.338 e. The topological polar surface area (TPSA) is 52.6 Å². The number of carbonyl (C=O) groups is 2. The molecule has 0 unspecified atom stereocenters. The molecule has 4 heteroatoms. The largest absolute Gasteiger partial charge is 0.457 e. The minimum absolute atomic E-state index is 0.199. The summed E-state index contributed by atoms with van der Waals surface area (Å²) in [4.78, 5) is 23.8. The highest BCUT2D eigenvalue weighted by Crippen LogP contribution is 2.14. The highest BCUT2D eigenvalue weighted by molar-refractivity contribution is 5.95. The number of carbonyl (C=O) groups excluding carboxylic acids is 2. The average Bonchev–Trinajstić information content (AvgIpc) is 2.50. The molecule has 1 heterocycles. The number of hydrogen-bond acceptors (Lipinski definition) is 4. The van der Waals surface area contributed by atoms with Gasteiger partial charge in [-0.15, -0.1) is 0 Å². The van der Waals surface area contributed by atoms with Gasteiger partial charge in [-0.3, -0.25) is 0 Å². The van der Waals surface area contributed by atoms with Gasteiger partial charge in [0.15, 0.2) is 0 Å². The molecule has 0 aliphatic carbocycles. The second kappa shape index (κ2) is 5.17. The van der Waals surface area contributed by atoms with Crippen molar-refractivity contribution >= 4 is 11.9 Å². The van der Waals surface area contributed by atoms with Gasteiger partial charge in [-0.25, -0.2) is 9.59 Å². The lowest BCUT2D eigenvalue weighted by molar-refractivity contribution is 0.0462. The Morgan fingerprint density at radius 1 is 0.700 bits per heavy atom. The quantitative estimate of drug-likeness (QED) is 0.689. The van der Waals surface area contributed by atoms with E-state index in [1.54, 1.807) is 18.2 Å². The van der Waals surface area contributed by atoms with E-state index in [1.807, 2.05) is 24.3 Å². The lowest BCUT2D eigenvalue weighted by atomic mass is 10.1. The minimum Gasteiger partial charge on any atom is -0.457 e. The van der Waals surface area contributed by atoms with Crippen LogP contribution in [0.2, 0.25) is 0 Å². The molecule has 4 nitrogen and oxygen atoms in total. The summed E-state index contributed by atoms with van der Waals surface area (Å²) in [5, 5.41) is 0. The fourth-order valence-corrected chi connectivity index (χ4v) is 2.05. The third-order valence-corrected chi connectivity index (χ3v) is 3.07. The van der Waals surface area contributed by atoms with E-state index >= 15 is 0 Å². The molecular formula is C16H12O4. The summed E-state index contributed by atoms with van der Waals surface area (Å²) in [5.74, 6) is -0.906. The Labute approximate surface area is 115 Å². The van der Waals surface area contributed by atoms with Crippen molar-refractivity contribution in [2.45, 2.75) is 13.2 Å². The predicted octanol–water partition coefficient (Wildman–Crippen LogP) is 2.71. The van der Waals surface area contributed by atoms with E-state index < -0.39 is 11.9 Å². The van der Waals surface area contributed by atoms with Gasteiger partial charge in [0.1, 0.15) is 13.2 Å². The van der Waals surface area contributed by atoms with Crippen LogP contribution in [0, 0.1) is 0 Å². The first-order valence-corrected chi connectivity index (χ1v) is 6.24. The number of esters is 2. The van der Waals surface area contributed by atoms with Gasteiger partial charge in [-0.2, -0.15) is 0 Å². The van der Waals surface area contributed by atoms with Crippen LogP contribution in [0.25, 0.3) is 0 Å². The summed E-state index contributed by atoms with van der Waals surface area (Å²) < 4.78 is 10.5. The van der Waals surface area contributed by atoms with Crippen molar-refractivity contribution in [3.63, 3.8) is 0 Å². The SMILES string of the molecule is O=C1OCc2cccc(c2)COC(=O)c2cccc1c2. The molecule has 20 heavy (non-hydrogen) atoms. The number of cyclic esters (lactones) is 2. The molecule has 4 bridgehead atoms. The number of rotatable bonds is 0. The average molecular weight is 268 g/mol. The third kappa shape index (κ3) is 2.54. The lowest BCUT2D eigenvalue weighted by Gasteiger charge is -2.11. The Kier molecular flexibility index (Phi) is 3.21. The first-order valence-electron chi connectivity index (χ1n) is 6.24. The fraction of sp³-hybridized carbons (Fsp3) is 0.125. The van der Waals surface area contributed by atoms with Crippen LogP contribution in [0.3, 0.4) is 0 Å². The van der Waals surface area contributed by atoms with Gasteiger partial charge in [0, 0.05) is 0 Å². The van der Waals surface area contributed by atoms with Crippen LogP contribution in [-0.2, 0) is 22.7 Å². The molecule has 1 aliphatic heterocycles. The maximum Gasteiger partial charge on any atom is 0.338 e. The van der Waals surface area contributed by atoms with Crippen LogP contribution in [0.4, 0.5) is 0 Å². The second-order valence-corrected chi connectivity index (χ2v) is 4.55. The molecule has 0 saturated carbocycles. The van der Waals surface area contributed by atoms with Crippen molar-refractivity contribution in [1.29, 1.82) is 0 Å². The first-order chi connectivity index (χ1) is 9.72. The Bertz CT molecular complexity index is 625. The van der Waals surface area contributed by atoms with E-state index in [4.69, 9.17) is 9.47 Å². The number of ether oxygens (including phenoxy) is 2. The summed E-state index contributed by atoms with van der Waals surface area (Å²) in [5.41, 5.74) is 2.42. The van der Waals surface area contributed by atoms with E-state index in [0.29, 0.717) is 11.1 Å². The summed E-state index contributed by atoms with van der Waals surface area (Å²) in [7, 11) is 0. The zero-order valence-electron chi connectivity index (χ0n) is 10.7.